The smallest absolute Gasteiger partial charge is 0.312 e. The Bertz CT molecular complexity index is 336. The van der Waals surface area contributed by atoms with Crippen molar-refractivity contribution in [3.63, 3.8) is 0 Å². The van der Waals surface area contributed by atoms with Crippen molar-refractivity contribution in [1.82, 2.24) is 0 Å². The van der Waals surface area contributed by atoms with Gasteiger partial charge in [0, 0.05) is 12.3 Å². The monoisotopic (exact) mass is 208 g/mol. The number of hydrogen-bond donors (Lipinski definition) is 0. The van der Waals surface area contributed by atoms with Crippen molar-refractivity contribution < 1.29 is 14.3 Å². The van der Waals surface area contributed by atoms with Crippen molar-refractivity contribution in [3.8, 4) is 0 Å². The zero-order chi connectivity index (χ0) is 10.6. The molecule has 3 aliphatic rings. The van der Waals surface area contributed by atoms with Crippen LogP contribution in [0.2, 0.25) is 0 Å². The van der Waals surface area contributed by atoms with Gasteiger partial charge in [0.15, 0.2) is 0 Å². The lowest BCUT2D eigenvalue weighted by molar-refractivity contribution is -0.181. The molecular weight excluding hydrogens is 192 g/mol. The van der Waals surface area contributed by atoms with Crippen molar-refractivity contribution in [2.24, 2.45) is 23.2 Å². The average Bonchev–Trinajstić information content (AvgIpc) is 2.73. The van der Waals surface area contributed by atoms with E-state index in [4.69, 9.17) is 4.74 Å². The van der Waals surface area contributed by atoms with Gasteiger partial charge in [0.05, 0.1) is 12.5 Å². The molecule has 3 saturated carbocycles. The summed E-state index contributed by atoms with van der Waals surface area (Å²) in [6, 6.07) is 0. The number of rotatable bonds is 1. The second kappa shape index (κ2) is 2.83. The first-order chi connectivity index (χ1) is 7.21. The summed E-state index contributed by atoms with van der Waals surface area (Å²) in [6.07, 6.45) is 4.76. The lowest BCUT2D eigenvalue weighted by Gasteiger charge is -2.52. The van der Waals surface area contributed by atoms with Crippen molar-refractivity contribution in [2.45, 2.75) is 32.1 Å². The molecule has 0 unspecified atom stereocenters. The maximum absolute atomic E-state index is 11.9. The minimum Gasteiger partial charge on any atom is -0.469 e. The molecule has 0 N–H and O–H groups in total. The van der Waals surface area contributed by atoms with Crippen LogP contribution >= 0.6 is 0 Å². The van der Waals surface area contributed by atoms with Gasteiger partial charge in [-0.2, -0.15) is 0 Å². The molecule has 82 valence electrons. The fourth-order valence-corrected chi connectivity index (χ4v) is 4.44. The van der Waals surface area contributed by atoms with Crippen LogP contribution in [-0.2, 0) is 14.3 Å². The van der Waals surface area contributed by atoms with E-state index < -0.39 is 5.41 Å². The molecule has 3 heteroatoms. The first-order valence-corrected chi connectivity index (χ1v) is 5.83. The molecule has 0 spiro atoms. The maximum Gasteiger partial charge on any atom is 0.312 e. The second-order valence-corrected chi connectivity index (χ2v) is 5.18. The Labute approximate surface area is 89.2 Å². The summed E-state index contributed by atoms with van der Waals surface area (Å²) in [5, 5.41) is 0. The third-order valence-corrected chi connectivity index (χ3v) is 4.91. The van der Waals surface area contributed by atoms with Gasteiger partial charge in [-0.1, -0.05) is 6.42 Å². The lowest BCUT2D eigenvalue weighted by Crippen LogP contribution is -2.58. The Hall–Kier alpha value is -0.860. The average molecular weight is 208 g/mol. The third kappa shape index (κ3) is 0.876. The zero-order valence-electron chi connectivity index (χ0n) is 8.99. The summed E-state index contributed by atoms with van der Waals surface area (Å²) in [4.78, 5) is 23.7. The molecule has 0 aromatic carbocycles. The minimum absolute atomic E-state index is 0.0115. The zero-order valence-corrected chi connectivity index (χ0v) is 8.99. The molecule has 3 nitrogen and oxygen atoms in total. The molecule has 3 aliphatic carbocycles. The topological polar surface area (TPSA) is 43.4 Å². The first-order valence-electron chi connectivity index (χ1n) is 5.83. The third-order valence-electron chi connectivity index (χ3n) is 4.91. The van der Waals surface area contributed by atoms with Gasteiger partial charge in [-0.3, -0.25) is 9.59 Å². The standard InChI is InChI=1S/C12H16O3/c1-15-11(14)12-6-5-9(13)10(12)7-3-2-4-8(7)12/h7-8,10H,2-6H2,1H3/t7-,8+,10+,12-/m1/s1. The molecule has 0 heterocycles. The van der Waals surface area contributed by atoms with E-state index in [1.54, 1.807) is 0 Å². The summed E-state index contributed by atoms with van der Waals surface area (Å²) < 4.78 is 4.92. The number of ketones is 1. The maximum atomic E-state index is 11.9. The molecule has 0 bridgehead atoms. The van der Waals surface area contributed by atoms with Gasteiger partial charge in [-0.25, -0.2) is 0 Å². The van der Waals surface area contributed by atoms with Crippen LogP contribution in [0.4, 0.5) is 0 Å². The minimum atomic E-state index is -0.396. The van der Waals surface area contributed by atoms with Crippen LogP contribution < -0.4 is 0 Å². The number of fused-ring (bicyclic) bond motifs is 4. The number of methoxy groups -OCH3 is 1. The number of carbonyl (C=O) groups excluding carboxylic acids is 2. The Balaban J connectivity index is 1.99. The summed E-state index contributed by atoms with van der Waals surface area (Å²) >= 11 is 0. The summed E-state index contributed by atoms with van der Waals surface area (Å²) in [5.74, 6) is 1.14. The largest absolute Gasteiger partial charge is 0.469 e. The van der Waals surface area contributed by atoms with E-state index in [-0.39, 0.29) is 11.9 Å². The van der Waals surface area contributed by atoms with Gasteiger partial charge in [0.2, 0.25) is 0 Å². The van der Waals surface area contributed by atoms with Gasteiger partial charge >= 0.3 is 5.97 Å². The summed E-state index contributed by atoms with van der Waals surface area (Å²) in [6.45, 7) is 0. The Kier molecular flexibility index (Phi) is 1.77. The van der Waals surface area contributed by atoms with E-state index in [0.29, 0.717) is 24.0 Å². The number of carbonyl (C=O) groups is 2. The van der Waals surface area contributed by atoms with Crippen molar-refractivity contribution in [3.05, 3.63) is 0 Å². The van der Waals surface area contributed by atoms with Crippen LogP contribution in [0, 0.1) is 23.2 Å². The molecule has 0 saturated heterocycles. The van der Waals surface area contributed by atoms with Crippen molar-refractivity contribution >= 4 is 11.8 Å². The van der Waals surface area contributed by atoms with Gasteiger partial charge in [-0.05, 0) is 31.1 Å². The highest BCUT2D eigenvalue weighted by Gasteiger charge is 2.71. The molecule has 3 fully saturated rings. The Morgan fingerprint density at radius 3 is 3.00 bits per heavy atom. The SMILES string of the molecule is COC(=O)[C@@]12CCC(=O)[C@@H]1[C@@H]1CCC[C@@H]12. The summed E-state index contributed by atoms with van der Waals surface area (Å²) in [5.41, 5.74) is -0.396. The predicted molar refractivity (Wildman–Crippen MR) is 53.0 cm³/mol. The normalized spacial score (nSPS) is 47.0. The van der Waals surface area contributed by atoms with Gasteiger partial charge in [-0.15, -0.1) is 0 Å². The molecule has 3 rings (SSSR count). The number of ether oxygens (including phenoxy) is 1. The Morgan fingerprint density at radius 2 is 2.27 bits per heavy atom. The quantitative estimate of drug-likeness (QED) is 0.614. The first kappa shape index (κ1) is 9.37. The van der Waals surface area contributed by atoms with Crippen LogP contribution in [0.25, 0.3) is 0 Å². The highest BCUT2D eigenvalue weighted by Crippen LogP contribution is 2.68. The predicted octanol–water partition coefficient (Wildman–Crippen LogP) is 1.55. The van der Waals surface area contributed by atoms with Crippen molar-refractivity contribution in [1.29, 1.82) is 0 Å². The lowest BCUT2D eigenvalue weighted by atomic mass is 9.49. The van der Waals surface area contributed by atoms with Gasteiger partial charge < -0.3 is 4.74 Å². The molecule has 0 amide bonds. The second-order valence-electron chi connectivity index (χ2n) is 5.18. The van der Waals surface area contributed by atoms with Gasteiger partial charge in [0.1, 0.15) is 5.78 Å². The van der Waals surface area contributed by atoms with E-state index >= 15 is 0 Å². The molecule has 0 aliphatic heterocycles. The van der Waals surface area contributed by atoms with E-state index in [1.807, 2.05) is 0 Å². The van der Waals surface area contributed by atoms with E-state index in [0.717, 1.165) is 19.3 Å². The molecular formula is C12H16O3. The molecule has 0 aromatic heterocycles. The van der Waals surface area contributed by atoms with E-state index in [1.165, 1.54) is 13.5 Å². The fourth-order valence-electron chi connectivity index (χ4n) is 4.44. The van der Waals surface area contributed by atoms with E-state index in [2.05, 4.69) is 0 Å². The number of esters is 1. The van der Waals surface area contributed by atoms with Crippen LogP contribution in [0.3, 0.4) is 0 Å². The highest BCUT2D eigenvalue weighted by molar-refractivity contribution is 5.95. The Morgan fingerprint density at radius 1 is 1.47 bits per heavy atom. The molecule has 4 atom stereocenters. The highest BCUT2D eigenvalue weighted by atomic mass is 16.5. The van der Waals surface area contributed by atoms with Crippen LogP contribution in [0.5, 0.6) is 0 Å². The van der Waals surface area contributed by atoms with Crippen LogP contribution in [0.1, 0.15) is 32.1 Å². The van der Waals surface area contributed by atoms with Crippen LogP contribution in [0.15, 0.2) is 0 Å². The van der Waals surface area contributed by atoms with Crippen molar-refractivity contribution in [2.75, 3.05) is 7.11 Å². The summed E-state index contributed by atoms with van der Waals surface area (Å²) in [7, 11) is 1.44. The van der Waals surface area contributed by atoms with Crippen LogP contribution in [-0.4, -0.2) is 18.9 Å². The molecule has 15 heavy (non-hydrogen) atoms. The number of hydrogen-bond acceptors (Lipinski definition) is 3. The molecule has 0 radical (unpaired) electrons. The van der Waals surface area contributed by atoms with Gasteiger partial charge in [0.25, 0.3) is 0 Å². The van der Waals surface area contributed by atoms with E-state index in [9.17, 15) is 9.59 Å². The fraction of sp³-hybridized carbons (Fsp3) is 0.833. The molecule has 0 aromatic rings. The number of Topliss-reactive ketones (excluding diaryl/α,β-unsaturated/α-hetero) is 1.